The molecule has 7 nitrogen and oxygen atoms in total. The van der Waals surface area contributed by atoms with Crippen LogP contribution in [-0.4, -0.2) is 26.8 Å². The second-order valence-electron chi connectivity index (χ2n) is 5.60. The summed E-state index contributed by atoms with van der Waals surface area (Å²) in [7, 11) is -3.76. The molecule has 0 aliphatic rings. The fourth-order valence-electron chi connectivity index (χ4n) is 2.21. The molecule has 0 bridgehead atoms. The van der Waals surface area contributed by atoms with Crippen molar-refractivity contribution in [3.8, 4) is 0 Å². The summed E-state index contributed by atoms with van der Waals surface area (Å²) in [5.74, 6) is -0.795. The Bertz CT molecular complexity index is 914. The Balaban J connectivity index is 1.90. The van der Waals surface area contributed by atoms with Crippen LogP contribution in [0.4, 0.5) is 0 Å². The fourth-order valence-corrected chi connectivity index (χ4v) is 2.92. The molecule has 138 valence electrons. The van der Waals surface area contributed by atoms with Crippen molar-refractivity contribution >= 4 is 33.4 Å². The van der Waals surface area contributed by atoms with Gasteiger partial charge in [0.15, 0.2) is 0 Å². The molecule has 0 fully saturated rings. The summed E-state index contributed by atoms with van der Waals surface area (Å²) in [6.45, 7) is 1.54. The molecule has 0 heterocycles. The predicted molar refractivity (Wildman–Crippen MR) is 98.2 cm³/mol. The maximum Gasteiger partial charge on any atom is 0.251 e. The highest BCUT2D eigenvalue weighted by Crippen LogP contribution is 2.15. The molecule has 0 spiro atoms. The van der Waals surface area contributed by atoms with E-state index in [1.807, 2.05) is 0 Å². The molecule has 0 radical (unpaired) electrons. The van der Waals surface area contributed by atoms with E-state index in [0.717, 1.165) is 0 Å². The maximum absolute atomic E-state index is 12.0. The van der Waals surface area contributed by atoms with Crippen LogP contribution >= 0.6 is 11.6 Å². The van der Waals surface area contributed by atoms with E-state index in [1.54, 1.807) is 37.3 Å². The van der Waals surface area contributed by atoms with Gasteiger partial charge in [0.2, 0.25) is 15.9 Å². The zero-order valence-corrected chi connectivity index (χ0v) is 15.5. The van der Waals surface area contributed by atoms with Crippen LogP contribution in [0.5, 0.6) is 0 Å². The Morgan fingerprint density at radius 3 is 2.38 bits per heavy atom. The van der Waals surface area contributed by atoms with Crippen LogP contribution in [-0.2, 0) is 14.8 Å². The SMILES string of the molecule is CC(NC(=O)CNC(=O)c1cccc(Cl)c1)c1ccc(S(N)(=O)=O)cc1. The lowest BCUT2D eigenvalue weighted by Gasteiger charge is -2.15. The molecule has 1 unspecified atom stereocenters. The summed E-state index contributed by atoms with van der Waals surface area (Å²) >= 11 is 5.82. The summed E-state index contributed by atoms with van der Waals surface area (Å²) in [6, 6.07) is 11.9. The molecule has 26 heavy (non-hydrogen) atoms. The molecule has 0 saturated heterocycles. The Morgan fingerprint density at radius 1 is 1.15 bits per heavy atom. The van der Waals surface area contributed by atoms with E-state index in [2.05, 4.69) is 10.6 Å². The van der Waals surface area contributed by atoms with E-state index in [4.69, 9.17) is 16.7 Å². The van der Waals surface area contributed by atoms with Gasteiger partial charge in [-0.05, 0) is 42.8 Å². The Labute approximate surface area is 156 Å². The average molecular weight is 396 g/mol. The summed E-state index contributed by atoms with van der Waals surface area (Å²) in [5, 5.41) is 10.7. The van der Waals surface area contributed by atoms with Crippen molar-refractivity contribution in [2.24, 2.45) is 5.14 Å². The maximum atomic E-state index is 12.0. The lowest BCUT2D eigenvalue weighted by Crippen LogP contribution is -2.38. The lowest BCUT2D eigenvalue weighted by atomic mass is 10.1. The minimum Gasteiger partial charge on any atom is -0.348 e. The van der Waals surface area contributed by atoms with Crippen LogP contribution < -0.4 is 15.8 Å². The van der Waals surface area contributed by atoms with Crippen LogP contribution in [0.15, 0.2) is 53.4 Å². The number of rotatable bonds is 6. The Kier molecular flexibility index (Phi) is 6.36. The van der Waals surface area contributed by atoms with E-state index < -0.39 is 15.9 Å². The fraction of sp³-hybridized carbons (Fsp3) is 0.176. The monoisotopic (exact) mass is 395 g/mol. The second kappa shape index (κ2) is 8.31. The summed E-state index contributed by atoms with van der Waals surface area (Å²) in [5.41, 5.74) is 1.06. The number of benzene rings is 2. The first-order valence-electron chi connectivity index (χ1n) is 7.62. The first-order valence-corrected chi connectivity index (χ1v) is 9.55. The molecule has 1 atom stereocenters. The van der Waals surface area contributed by atoms with Crippen molar-refractivity contribution in [2.45, 2.75) is 17.9 Å². The van der Waals surface area contributed by atoms with Gasteiger partial charge in [0.1, 0.15) is 0 Å². The number of hydrogen-bond donors (Lipinski definition) is 3. The Hall–Kier alpha value is -2.42. The first-order chi connectivity index (χ1) is 12.2. The third-order valence-corrected chi connectivity index (χ3v) is 4.75. The number of primary sulfonamides is 1. The molecular weight excluding hydrogens is 378 g/mol. The van der Waals surface area contributed by atoms with Crippen molar-refractivity contribution in [3.63, 3.8) is 0 Å². The molecule has 2 rings (SSSR count). The molecule has 2 amide bonds. The number of sulfonamides is 1. The first kappa shape index (κ1) is 19.9. The zero-order chi connectivity index (χ0) is 19.3. The topological polar surface area (TPSA) is 118 Å². The smallest absolute Gasteiger partial charge is 0.251 e. The lowest BCUT2D eigenvalue weighted by molar-refractivity contribution is -0.120. The minimum atomic E-state index is -3.76. The average Bonchev–Trinajstić information content (AvgIpc) is 2.59. The predicted octanol–water partition coefficient (Wildman–Crippen LogP) is 1.59. The third-order valence-electron chi connectivity index (χ3n) is 3.58. The van der Waals surface area contributed by atoms with Crippen LogP contribution in [0, 0.1) is 0 Å². The number of nitrogens with one attached hydrogen (secondary N) is 2. The Morgan fingerprint density at radius 2 is 1.81 bits per heavy atom. The van der Waals surface area contributed by atoms with Crippen molar-refractivity contribution < 1.29 is 18.0 Å². The summed E-state index contributed by atoms with van der Waals surface area (Å²) < 4.78 is 22.5. The van der Waals surface area contributed by atoms with Crippen LogP contribution in [0.3, 0.4) is 0 Å². The number of carbonyl (C=O) groups is 2. The molecule has 2 aromatic rings. The van der Waals surface area contributed by atoms with Gasteiger partial charge in [-0.1, -0.05) is 29.8 Å². The molecule has 0 saturated carbocycles. The van der Waals surface area contributed by atoms with Gasteiger partial charge in [-0.15, -0.1) is 0 Å². The number of hydrogen-bond acceptors (Lipinski definition) is 4. The number of halogens is 1. The number of nitrogens with two attached hydrogens (primary N) is 1. The van der Waals surface area contributed by atoms with Gasteiger partial charge in [-0.25, -0.2) is 13.6 Å². The minimum absolute atomic E-state index is 0.00596. The van der Waals surface area contributed by atoms with Gasteiger partial charge in [-0.3, -0.25) is 9.59 Å². The number of amides is 2. The van der Waals surface area contributed by atoms with Gasteiger partial charge in [-0.2, -0.15) is 0 Å². The van der Waals surface area contributed by atoms with Crippen molar-refractivity contribution in [2.75, 3.05) is 6.54 Å². The van der Waals surface area contributed by atoms with Gasteiger partial charge in [0.05, 0.1) is 17.5 Å². The van der Waals surface area contributed by atoms with E-state index >= 15 is 0 Å². The van der Waals surface area contributed by atoms with E-state index in [0.29, 0.717) is 16.1 Å². The molecule has 9 heteroatoms. The number of carbonyl (C=O) groups excluding carboxylic acids is 2. The van der Waals surface area contributed by atoms with Crippen LogP contribution in [0.1, 0.15) is 28.9 Å². The highest BCUT2D eigenvalue weighted by Gasteiger charge is 2.13. The van der Waals surface area contributed by atoms with Crippen molar-refractivity contribution in [1.82, 2.24) is 10.6 Å². The summed E-state index contributed by atoms with van der Waals surface area (Å²) in [4.78, 5) is 24.0. The summed E-state index contributed by atoms with van der Waals surface area (Å²) in [6.07, 6.45) is 0. The normalized spacial score (nSPS) is 12.3. The quantitative estimate of drug-likeness (QED) is 0.688. The van der Waals surface area contributed by atoms with E-state index in [-0.39, 0.29) is 23.4 Å². The molecule has 0 aliphatic heterocycles. The van der Waals surface area contributed by atoms with Crippen LogP contribution in [0.25, 0.3) is 0 Å². The largest absolute Gasteiger partial charge is 0.348 e. The van der Waals surface area contributed by atoms with Gasteiger partial charge < -0.3 is 10.6 Å². The standard InChI is InChI=1S/C17H18ClN3O4S/c1-11(12-5-7-15(8-6-12)26(19,24)25)21-16(22)10-20-17(23)13-3-2-4-14(18)9-13/h2-9,11H,10H2,1H3,(H,20,23)(H,21,22)(H2,19,24,25). The highest BCUT2D eigenvalue weighted by molar-refractivity contribution is 7.89. The molecule has 0 aromatic heterocycles. The highest BCUT2D eigenvalue weighted by atomic mass is 35.5. The second-order valence-corrected chi connectivity index (χ2v) is 7.59. The molecule has 4 N–H and O–H groups in total. The van der Waals surface area contributed by atoms with E-state index in [1.165, 1.54) is 18.2 Å². The van der Waals surface area contributed by atoms with Crippen molar-refractivity contribution in [3.05, 3.63) is 64.7 Å². The molecular formula is C17H18ClN3O4S. The molecule has 0 aliphatic carbocycles. The third kappa shape index (κ3) is 5.55. The van der Waals surface area contributed by atoms with E-state index in [9.17, 15) is 18.0 Å². The van der Waals surface area contributed by atoms with Gasteiger partial charge in [0, 0.05) is 10.6 Å². The van der Waals surface area contributed by atoms with Gasteiger partial charge >= 0.3 is 0 Å². The zero-order valence-electron chi connectivity index (χ0n) is 13.9. The van der Waals surface area contributed by atoms with Crippen LogP contribution in [0.2, 0.25) is 5.02 Å². The van der Waals surface area contributed by atoms with Crippen molar-refractivity contribution in [1.29, 1.82) is 0 Å². The molecule has 2 aromatic carbocycles. The van der Waals surface area contributed by atoms with Gasteiger partial charge in [0.25, 0.3) is 5.91 Å².